The van der Waals surface area contributed by atoms with Crippen molar-refractivity contribution in [3.05, 3.63) is 76.5 Å². The average molecular weight is 422 g/mol. The maximum Gasteiger partial charge on any atom is 0.265 e. The average Bonchev–Trinajstić information content (AvgIpc) is 3.24. The Morgan fingerprint density at radius 1 is 0.800 bits per heavy atom. The molecule has 154 valence electrons. The van der Waals surface area contributed by atoms with Crippen molar-refractivity contribution in [2.45, 2.75) is 20.3 Å². The molecule has 30 heavy (non-hydrogen) atoms. The van der Waals surface area contributed by atoms with E-state index in [-0.39, 0.29) is 23.6 Å². The summed E-state index contributed by atoms with van der Waals surface area (Å²) >= 11 is 1.35. The summed E-state index contributed by atoms with van der Waals surface area (Å²) in [7, 11) is 0. The van der Waals surface area contributed by atoms with Gasteiger partial charge in [-0.25, -0.2) is 0 Å². The molecule has 2 aromatic carbocycles. The summed E-state index contributed by atoms with van der Waals surface area (Å²) < 4.78 is 0. The number of hydrogen-bond acceptors (Lipinski definition) is 4. The van der Waals surface area contributed by atoms with Gasteiger partial charge in [0.2, 0.25) is 5.91 Å². The standard InChI is InChI=1S/C23H23N3O3S/c1-15(2)13-21(27)24-17-8-10-18(11-9-17)25-22(28)16-5-3-6-19(14-16)26-23(29)20-7-4-12-30-20/h3-12,14-15H,13H2,1-2H3,(H,24,27)(H,25,28)(H,26,29). The molecule has 7 heteroatoms. The third-order valence-corrected chi connectivity index (χ3v) is 5.02. The van der Waals surface area contributed by atoms with Crippen molar-refractivity contribution in [1.29, 1.82) is 0 Å². The van der Waals surface area contributed by atoms with Gasteiger partial charge in [-0.05, 0) is 59.8 Å². The van der Waals surface area contributed by atoms with Gasteiger partial charge in [0.25, 0.3) is 11.8 Å². The first-order chi connectivity index (χ1) is 14.4. The molecule has 0 aliphatic rings. The van der Waals surface area contributed by atoms with Crippen molar-refractivity contribution < 1.29 is 14.4 Å². The van der Waals surface area contributed by atoms with Gasteiger partial charge < -0.3 is 16.0 Å². The van der Waals surface area contributed by atoms with Gasteiger partial charge in [-0.3, -0.25) is 14.4 Å². The molecular weight excluding hydrogens is 398 g/mol. The van der Waals surface area contributed by atoms with Crippen LogP contribution in [-0.2, 0) is 4.79 Å². The molecule has 0 saturated heterocycles. The van der Waals surface area contributed by atoms with E-state index in [2.05, 4.69) is 16.0 Å². The molecule has 0 atom stereocenters. The molecule has 0 unspecified atom stereocenters. The van der Waals surface area contributed by atoms with E-state index in [1.54, 1.807) is 54.6 Å². The van der Waals surface area contributed by atoms with Gasteiger partial charge in [-0.1, -0.05) is 26.0 Å². The zero-order valence-electron chi connectivity index (χ0n) is 16.8. The van der Waals surface area contributed by atoms with Crippen molar-refractivity contribution in [2.24, 2.45) is 5.92 Å². The molecule has 3 amide bonds. The van der Waals surface area contributed by atoms with Crippen LogP contribution in [-0.4, -0.2) is 17.7 Å². The van der Waals surface area contributed by atoms with Crippen LogP contribution in [0.2, 0.25) is 0 Å². The summed E-state index contributed by atoms with van der Waals surface area (Å²) in [6.45, 7) is 3.97. The van der Waals surface area contributed by atoms with Gasteiger partial charge in [0, 0.05) is 29.0 Å². The number of benzene rings is 2. The molecule has 1 aromatic heterocycles. The third kappa shape index (κ3) is 6.02. The fourth-order valence-electron chi connectivity index (χ4n) is 2.76. The Labute approximate surface area is 179 Å². The SMILES string of the molecule is CC(C)CC(=O)Nc1ccc(NC(=O)c2cccc(NC(=O)c3cccs3)c2)cc1. The molecular formula is C23H23N3O3S. The number of rotatable bonds is 7. The van der Waals surface area contributed by atoms with Gasteiger partial charge in [0.05, 0.1) is 4.88 Å². The molecule has 3 N–H and O–H groups in total. The Bertz CT molecular complexity index is 1030. The molecule has 1 heterocycles. The van der Waals surface area contributed by atoms with Crippen LogP contribution in [0.1, 0.15) is 40.3 Å². The topological polar surface area (TPSA) is 87.3 Å². The van der Waals surface area contributed by atoms with E-state index in [4.69, 9.17) is 0 Å². The zero-order chi connectivity index (χ0) is 21.5. The number of nitrogens with one attached hydrogen (secondary N) is 3. The Morgan fingerprint density at radius 2 is 1.47 bits per heavy atom. The van der Waals surface area contributed by atoms with E-state index in [9.17, 15) is 14.4 Å². The smallest absolute Gasteiger partial charge is 0.265 e. The molecule has 0 saturated carbocycles. The van der Waals surface area contributed by atoms with Crippen molar-refractivity contribution >= 4 is 46.1 Å². The molecule has 6 nitrogen and oxygen atoms in total. The lowest BCUT2D eigenvalue weighted by atomic mass is 10.1. The van der Waals surface area contributed by atoms with Gasteiger partial charge in [-0.2, -0.15) is 0 Å². The van der Waals surface area contributed by atoms with Gasteiger partial charge in [0.1, 0.15) is 0 Å². The number of amides is 3. The first-order valence-corrected chi connectivity index (χ1v) is 10.4. The highest BCUT2D eigenvalue weighted by molar-refractivity contribution is 7.12. The molecule has 0 radical (unpaired) electrons. The first-order valence-electron chi connectivity index (χ1n) is 9.57. The second-order valence-electron chi connectivity index (χ2n) is 7.19. The lowest BCUT2D eigenvalue weighted by Crippen LogP contribution is -2.15. The third-order valence-electron chi connectivity index (χ3n) is 4.15. The van der Waals surface area contributed by atoms with E-state index in [0.717, 1.165) is 0 Å². The summed E-state index contributed by atoms with van der Waals surface area (Å²) in [6, 6.07) is 17.2. The molecule has 3 rings (SSSR count). The fraction of sp³-hybridized carbons (Fsp3) is 0.174. The maximum absolute atomic E-state index is 12.6. The summed E-state index contributed by atoms with van der Waals surface area (Å²) in [5.74, 6) is -0.255. The Hall–Kier alpha value is -3.45. The van der Waals surface area contributed by atoms with Crippen LogP contribution in [0.5, 0.6) is 0 Å². The highest BCUT2D eigenvalue weighted by Crippen LogP contribution is 2.18. The van der Waals surface area contributed by atoms with E-state index in [1.807, 2.05) is 25.3 Å². The minimum Gasteiger partial charge on any atom is -0.326 e. The number of thiophene rings is 1. The van der Waals surface area contributed by atoms with Crippen LogP contribution in [0, 0.1) is 5.92 Å². The largest absolute Gasteiger partial charge is 0.326 e. The van der Waals surface area contributed by atoms with E-state index < -0.39 is 0 Å². The van der Waals surface area contributed by atoms with Crippen LogP contribution in [0.3, 0.4) is 0 Å². The molecule has 0 bridgehead atoms. The number of carbonyl (C=O) groups excluding carboxylic acids is 3. The maximum atomic E-state index is 12.6. The summed E-state index contributed by atoms with van der Waals surface area (Å²) in [4.78, 5) is 37.2. The number of hydrogen-bond donors (Lipinski definition) is 3. The van der Waals surface area contributed by atoms with Crippen LogP contribution in [0.15, 0.2) is 66.0 Å². The van der Waals surface area contributed by atoms with Crippen LogP contribution in [0.4, 0.5) is 17.1 Å². The zero-order valence-corrected chi connectivity index (χ0v) is 17.6. The van der Waals surface area contributed by atoms with Gasteiger partial charge in [-0.15, -0.1) is 11.3 Å². The molecule has 0 aliphatic heterocycles. The monoisotopic (exact) mass is 421 g/mol. The van der Waals surface area contributed by atoms with Crippen LogP contribution < -0.4 is 16.0 Å². The highest BCUT2D eigenvalue weighted by atomic mass is 32.1. The fourth-order valence-corrected chi connectivity index (χ4v) is 3.38. The van der Waals surface area contributed by atoms with Crippen molar-refractivity contribution in [2.75, 3.05) is 16.0 Å². The Kier molecular flexibility index (Phi) is 6.98. The Morgan fingerprint density at radius 3 is 2.10 bits per heavy atom. The number of carbonyl (C=O) groups is 3. The van der Waals surface area contributed by atoms with E-state index >= 15 is 0 Å². The summed E-state index contributed by atoms with van der Waals surface area (Å²) in [5, 5.41) is 10.3. The quantitative estimate of drug-likeness (QED) is 0.488. The minimum absolute atomic E-state index is 0.0387. The summed E-state index contributed by atoms with van der Waals surface area (Å²) in [5.41, 5.74) is 2.25. The van der Waals surface area contributed by atoms with Crippen LogP contribution >= 0.6 is 11.3 Å². The molecule has 0 spiro atoms. The van der Waals surface area contributed by atoms with E-state index in [0.29, 0.717) is 33.9 Å². The van der Waals surface area contributed by atoms with Gasteiger partial charge >= 0.3 is 0 Å². The van der Waals surface area contributed by atoms with E-state index in [1.165, 1.54) is 11.3 Å². The normalized spacial score (nSPS) is 10.5. The van der Waals surface area contributed by atoms with Crippen molar-refractivity contribution in [3.8, 4) is 0 Å². The molecule has 3 aromatic rings. The second-order valence-corrected chi connectivity index (χ2v) is 8.14. The van der Waals surface area contributed by atoms with Gasteiger partial charge in [0.15, 0.2) is 0 Å². The van der Waals surface area contributed by atoms with Crippen molar-refractivity contribution in [1.82, 2.24) is 0 Å². The number of anilines is 3. The minimum atomic E-state index is -0.293. The predicted octanol–water partition coefficient (Wildman–Crippen LogP) is 5.24. The highest BCUT2D eigenvalue weighted by Gasteiger charge is 2.11. The van der Waals surface area contributed by atoms with Crippen molar-refractivity contribution in [3.63, 3.8) is 0 Å². The summed E-state index contributed by atoms with van der Waals surface area (Å²) in [6.07, 6.45) is 0.456. The molecule has 0 aliphatic carbocycles. The molecule has 0 fully saturated rings. The second kappa shape index (κ2) is 9.84. The first kappa shape index (κ1) is 21.3. The lowest BCUT2D eigenvalue weighted by Gasteiger charge is -2.10. The predicted molar refractivity (Wildman–Crippen MR) is 121 cm³/mol. The van der Waals surface area contributed by atoms with Crippen LogP contribution in [0.25, 0.3) is 0 Å². The lowest BCUT2D eigenvalue weighted by molar-refractivity contribution is -0.116. The Balaban J connectivity index is 1.60.